The van der Waals surface area contributed by atoms with Gasteiger partial charge in [0.15, 0.2) is 0 Å². The van der Waals surface area contributed by atoms with Gasteiger partial charge in [0.2, 0.25) is 5.95 Å². The summed E-state index contributed by atoms with van der Waals surface area (Å²) < 4.78 is 14.9. The highest BCUT2D eigenvalue weighted by atomic mass is 19.1. The van der Waals surface area contributed by atoms with E-state index in [9.17, 15) is 4.39 Å². The second-order valence-corrected chi connectivity index (χ2v) is 3.26. The highest BCUT2D eigenvalue weighted by Gasteiger charge is 2.16. The zero-order valence-corrected chi connectivity index (χ0v) is 8.06. The van der Waals surface area contributed by atoms with Crippen molar-refractivity contribution in [2.24, 2.45) is 0 Å². The zero-order chi connectivity index (χ0) is 9.30. The third-order valence-electron chi connectivity index (χ3n) is 1.99. The number of hydrogen-bond donors (Lipinski definition) is 0. The Labute approximate surface area is 72.4 Å². The average Bonchev–Trinajstić information content (AvgIpc) is 2.25. The summed E-state index contributed by atoms with van der Waals surface area (Å²) in [6.07, 6.45) is 0. The van der Waals surface area contributed by atoms with E-state index in [-0.39, 0.29) is 11.9 Å². The maximum absolute atomic E-state index is 13.4. The van der Waals surface area contributed by atoms with E-state index < -0.39 is 0 Å². The van der Waals surface area contributed by atoms with Crippen LogP contribution in [-0.4, -0.2) is 9.78 Å². The van der Waals surface area contributed by atoms with Crippen molar-refractivity contribution in [2.75, 3.05) is 0 Å². The van der Waals surface area contributed by atoms with Gasteiger partial charge in [-0.25, -0.2) is 4.68 Å². The lowest BCUT2D eigenvalue weighted by atomic mass is 10.0. The number of nitrogens with zero attached hydrogens (tertiary/aromatic N) is 2. The van der Waals surface area contributed by atoms with Gasteiger partial charge in [-0.05, 0) is 19.8 Å². The maximum atomic E-state index is 13.4. The number of aryl methyl sites for hydroxylation is 2. The molecule has 0 saturated heterocycles. The van der Waals surface area contributed by atoms with Crippen molar-refractivity contribution in [2.45, 2.75) is 40.2 Å². The monoisotopic (exact) mass is 170 g/mol. The molecule has 1 heterocycles. The van der Waals surface area contributed by atoms with Crippen LogP contribution >= 0.6 is 0 Å². The molecule has 0 saturated carbocycles. The van der Waals surface area contributed by atoms with Crippen molar-refractivity contribution < 1.29 is 4.39 Å². The van der Waals surface area contributed by atoms with Gasteiger partial charge in [-0.1, -0.05) is 13.8 Å². The maximum Gasteiger partial charge on any atom is 0.215 e. The molecule has 1 aromatic rings. The van der Waals surface area contributed by atoms with Crippen LogP contribution in [0.4, 0.5) is 4.39 Å². The lowest BCUT2D eigenvalue weighted by Crippen LogP contribution is -2.01. The van der Waals surface area contributed by atoms with Gasteiger partial charge >= 0.3 is 0 Å². The molecule has 1 rings (SSSR count). The molecule has 0 aromatic carbocycles. The predicted molar refractivity (Wildman–Crippen MR) is 46.7 cm³/mol. The van der Waals surface area contributed by atoms with Gasteiger partial charge in [-0.2, -0.15) is 9.49 Å². The summed E-state index contributed by atoms with van der Waals surface area (Å²) in [7, 11) is 0. The van der Waals surface area contributed by atoms with E-state index >= 15 is 0 Å². The van der Waals surface area contributed by atoms with Gasteiger partial charge < -0.3 is 0 Å². The molecule has 0 aliphatic heterocycles. The van der Waals surface area contributed by atoms with Crippen LogP contribution in [0.5, 0.6) is 0 Å². The summed E-state index contributed by atoms with van der Waals surface area (Å²) in [5, 5.41) is 4.09. The van der Waals surface area contributed by atoms with Crippen LogP contribution in [0.3, 0.4) is 0 Å². The highest BCUT2D eigenvalue weighted by Crippen LogP contribution is 2.21. The molecule has 0 unspecified atom stereocenters. The Hall–Kier alpha value is -0.860. The minimum atomic E-state index is -0.176. The van der Waals surface area contributed by atoms with Crippen molar-refractivity contribution in [3.63, 3.8) is 0 Å². The van der Waals surface area contributed by atoms with Crippen LogP contribution in [0.1, 0.15) is 37.9 Å². The molecular weight excluding hydrogens is 155 g/mol. The van der Waals surface area contributed by atoms with Crippen LogP contribution in [0, 0.1) is 12.9 Å². The summed E-state index contributed by atoms with van der Waals surface area (Å²) >= 11 is 0. The van der Waals surface area contributed by atoms with Gasteiger partial charge in [-0.15, -0.1) is 0 Å². The van der Waals surface area contributed by atoms with Crippen molar-refractivity contribution in [1.29, 1.82) is 0 Å². The third-order valence-corrected chi connectivity index (χ3v) is 1.99. The summed E-state index contributed by atoms with van der Waals surface area (Å²) in [5.41, 5.74) is 1.56. The first-order valence-electron chi connectivity index (χ1n) is 4.30. The quantitative estimate of drug-likeness (QED) is 0.666. The lowest BCUT2D eigenvalue weighted by molar-refractivity contribution is 0.460. The van der Waals surface area contributed by atoms with Gasteiger partial charge in [0.25, 0.3) is 0 Å². The molecule has 3 heteroatoms. The number of halogens is 1. The molecule has 12 heavy (non-hydrogen) atoms. The Bertz CT molecular complexity index is 276. The minimum Gasteiger partial charge on any atom is -0.239 e. The second-order valence-electron chi connectivity index (χ2n) is 3.26. The fraction of sp³-hybridized carbons (Fsp3) is 0.667. The number of rotatable bonds is 2. The Morgan fingerprint density at radius 3 is 2.33 bits per heavy atom. The average molecular weight is 170 g/mol. The molecule has 0 radical (unpaired) electrons. The van der Waals surface area contributed by atoms with E-state index in [4.69, 9.17) is 0 Å². The number of aromatic nitrogens is 2. The van der Waals surface area contributed by atoms with Crippen molar-refractivity contribution in [3.05, 3.63) is 17.2 Å². The molecule has 0 fully saturated rings. The minimum absolute atomic E-state index is 0.176. The van der Waals surface area contributed by atoms with Gasteiger partial charge in [-0.3, -0.25) is 0 Å². The highest BCUT2D eigenvalue weighted by molar-refractivity contribution is 5.20. The molecule has 0 aliphatic rings. The zero-order valence-electron chi connectivity index (χ0n) is 8.06. The Kier molecular flexibility index (Phi) is 2.50. The first-order valence-corrected chi connectivity index (χ1v) is 4.30. The van der Waals surface area contributed by atoms with Crippen LogP contribution < -0.4 is 0 Å². The standard InChI is InChI=1S/C9H15FN2/c1-5-12-9(10)8(6(2)3)7(4)11-12/h6H,5H2,1-4H3. The Balaban J connectivity index is 3.19. The molecule has 0 spiro atoms. The summed E-state index contributed by atoms with van der Waals surface area (Å²) in [5.74, 6) is 0.0373. The van der Waals surface area contributed by atoms with E-state index in [1.807, 2.05) is 27.7 Å². The Morgan fingerprint density at radius 1 is 1.50 bits per heavy atom. The summed E-state index contributed by atoms with van der Waals surface area (Å²) in [6.45, 7) is 8.30. The topological polar surface area (TPSA) is 17.8 Å². The molecule has 0 bridgehead atoms. The molecule has 1 aromatic heterocycles. The van der Waals surface area contributed by atoms with E-state index in [0.717, 1.165) is 11.3 Å². The third kappa shape index (κ3) is 1.36. The first-order chi connectivity index (χ1) is 5.57. The lowest BCUT2D eigenvalue weighted by Gasteiger charge is -2.02. The van der Waals surface area contributed by atoms with E-state index in [1.165, 1.54) is 4.68 Å². The van der Waals surface area contributed by atoms with Gasteiger partial charge in [0.05, 0.1) is 5.69 Å². The molecule has 0 N–H and O–H groups in total. The first kappa shape index (κ1) is 9.23. The van der Waals surface area contributed by atoms with E-state index in [2.05, 4.69) is 5.10 Å². The largest absolute Gasteiger partial charge is 0.239 e. The van der Waals surface area contributed by atoms with Crippen molar-refractivity contribution in [3.8, 4) is 0 Å². The fourth-order valence-corrected chi connectivity index (χ4v) is 1.43. The second kappa shape index (κ2) is 3.25. The SMILES string of the molecule is CCn1nc(C)c(C(C)C)c1F. The molecule has 0 aliphatic carbocycles. The van der Waals surface area contributed by atoms with Crippen LogP contribution in [0.25, 0.3) is 0 Å². The van der Waals surface area contributed by atoms with Crippen LogP contribution in [0.15, 0.2) is 0 Å². The van der Waals surface area contributed by atoms with Gasteiger partial charge in [0.1, 0.15) is 0 Å². The number of hydrogen-bond acceptors (Lipinski definition) is 1. The fourth-order valence-electron chi connectivity index (χ4n) is 1.43. The van der Waals surface area contributed by atoms with E-state index in [1.54, 1.807) is 0 Å². The summed E-state index contributed by atoms with van der Waals surface area (Å²) in [4.78, 5) is 0. The summed E-state index contributed by atoms with van der Waals surface area (Å²) in [6, 6.07) is 0. The Morgan fingerprint density at radius 2 is 2.08 bits per heavy atom. The van der Waals surface area contributed by atoms with Crippen molar-refractivity contribution in [1.82, 2.24) is 9.78 Å². The molecule has 0 atom stereocenters. The van der Waals surface area contributed by atoms with Crippen LogP contribution in [-0.2, 0) is 6.54 Å². The van der Waals surface area contributed by atoms with E-state index in [0.29, 0.717) is 6.54 Å². The molecule has 0 amide bonds. The van der Waals surface area contributed by atoms with Crippen LogP contribution in [0.2, 0.25) is 0 Å². The molecule has 68 valence electrons. The van der Waals surface area contributed by atoms with Gasteiger partial charge in [0, 0.05) is 12.1 Å². The smallest absolute Gasteiger partial charge is 0.215 e. The van der Waals surface area contributed by atoms with Crippen molar-refractivity contribution >= 4 is 0 Å². The normalized spacial score (nSPS) is 11.2. The molecule has 2 nitrogen and oxygen atoms in total. The molecular formula is C9H15FN2. The predicted octanol–water partition coefficient (Wildman–Crippen LogP) is 2.47.